The second-order valence-electron chi connectivity index (χ2n) is 5.46. The normalized spacial score (nSPS) is 14.3. The van der Waals surface area contributed by atoms with Crippen molar-refractivity contribution >= 4 is 10.9 Å². The number of fused-ring (bicyclic) bond motifs is 2. The first kappa shape index (κ1) is 11.8. The summed E-state index contributed by atoms with van der Waals surface area (Å²) in [7, 11) is 2.02. The predicted molar refractivity (Wildman–Crippen MR) is 77.3 cm³/mol. The van der Waals surface area contributed by atoms with Gasteiger partial charge in [0.15, 0.2) is 0 Å². The zero-order valence-corrected chi connectivity index (χ0v) is 11.4. The molecule has 2 aromatic rings. The van der Waals surface area contributed by atoms with E-state index in [1.165, 1.54) is 54.3 Å². The number of rotatable bonds is 4. The average molecular weight is 242 g/mol. The lowest BCUT2D eigenvalue weighted by Gasteiger charge is -2.03. The summed E-state index contributed by atoms with van der Waals surface area (Å²) in [5.74, 6) is 0. The average Bonchev–Trinajstić information content (AvgIpc) is 2.91. The first-order chi connectivity index (χ1) is 8.79. The number of aromatic nitrogens is 1. The third-order valence-electron chi connectivity index (χ3n) is 4.19. The Morgan fingerprint density at radius 3 is 2.78 bits per heavy atom. The maximum Gasteiger partial charge on any atom is 0.0461 e. The largest absolute Gasteiger partial charge is 0.358 e. The van der Waals surface area contributed by atoms with Crippen molar-refractivity contribution in [2.45, 2.75) is 39.0 Å². The molecule has 0 unspecified atom stereocenters. The van der Waals surface area contributed by atoms with Crippen LogP contribution < -0.4 is 5.32 Å². The molecular weight excluding hydrogens is 220 g/mol. The Bertz CT molecular complexity index is 566. The molecule has 0 fully saturated rings. The van der Waals surface area contributed by atoms with Crippen LogP contribution in [-0.4, -0.2) is 18.6 Å². The molecule has 0 bridgehead atoms. The van der Waals surface area contributed by atoms with Crippen molar-refractivity contribution in [2.24, 2.45) is 0 Å². The van der Waals surface area contributed by atoms with E-state index in [9.17, 15) is 0 Å². The number of aromatic amines is 1. The first-order valence-electron chi connectivity index (χ1n) is 7.07. The highest BCUT2D eigenvalue weighted by atomic mass is 14.8. The zero-order chi connectivity index (χ0) is 12.5. The summed E-state index contributed by atoms with van der Waals surface area (Å²) in [6.45, 7) is 3.30. The molecule has 0 spiro atoms. The summed E-state index contributed by atoms with van der Waals surface area (Å²) in [5.41, 5.74) is 7.36. The number of hydrogen-bond acceptors (Lipinski definition) is 1. The van der Waals surface area contributed by atoms with Gasteiger partial charge in [-0.2, -0.15) is 0 Å². The molecule has 1 aliphatic rings. The monoisotopic (exact) mass is 242 g/mol. The van der Waals surface area contributed by atoms with Crippen LogP contribution in [0.3, 0.4) is 0 Å². The SMILES string of the molecule is CNCCCc1c(C)[nH]c2cc3c(cc12)CCC3. The van der Waals surface area contributed by atoms with Crippen LogP contribution in [0.4, 0.5) is 0 Å². The third kappa shape index (κ3) is 1.95. The highest BCUT2D eigenvalue weighted by Crippen LogP contribution is 2.30. The van der Waals surface area contributed by atoms with E-state index in [0.717, 1.165) is 6.54 Å². The Kier molecular flexibility index (Phi) is 3.13. The molecular formula is C16H22N2. The van der Waals surface area contributed by atoms with Crippen LogP contribution in [0.5, 0.6) is 0 Å². The van der Waals surface area contributed by atoms with Gasteiger partial charge in [-0.15, -0.1) is 0 Å². The van der Waals surface area contributed by atoms with E-state index >= 15 is 0 Å². The molecule has 0 saturated carbocycles. The van der Waals surface area contributed by atoms with Crippen molar-refractivity contribution in [3.05, 3.63) is 34.5 Å². The van der Waals surface area contributed by atoms with E-state index in [1.807, 2.05) is 7.05 Å². The number of benzene rings is 1. The van der Waals surface area contributed by atoms with Crippen molar-refractivity contribution < 1.29 is 0 Å². The molecule has 0 amide bonds. The molecule has 0 radical (unpaired) electrons. The van der Waals surface area contributed by atoms with Gasteiger partial charge in [-0.1, -0.05) is 0 Å². The van der Waals surface area contributed by atoms with Crippen molar-refractivity contribution in [3.63, 3.8) is 0 Å². The Morgan fingerprint density at radius 1 is 1.22 bits per heavy atom. The van der Waals surface area contributed by atoms with Gasteiger partial charge in [-0.3, -0.25) is 0 Å². The van der Waals surface area contributed by atoms with Gasteiger partial charge in [0.05, 0.1) is 0 Å². The van der Waals surface area contributed by atoms with E-state index in [4.69, 9.17) is 0 Å². The van der Waals surface area contributed by atoms with Crippen LogP contribution in [0.1, 0.15) is 35.2 Å². The Morgan fingerprint density at radius 2 is 2.00 bits per heavy atom. The molecule has 0 aliphatic heterocycles. The Labute approximate surface area is 109 Å². The summed E-state index contributed by atoms with van der Waals surface area (Å²) in [5, 5.41) is 4.69. The van der Waals surface area contributed by atoms with E-state index in [2.05, 4.69) is 29.4 Å². The van der Waals surface area contributed by atoms with Gasteiger partial charge in [0, 0.05) is 16.6 Å². The van der Waals surface area contributed by atoms with Crippen molar-refractivity contribution in [1.29, 1.82) is 0 Å². The maximum atomic E-state index is 3.56. The molecule has 0 atom stereocenters. The highest BCUT2D eigenvalue weighted by Gasteiger charge is 2.15. The molecule has 18 heavy (non-hydrogen) atoms. The summed E-state index contributed by atoms with van der Waals surface area (Å²) in [6, 6.07) is 4.82. The molecule has 2 N–H and O–H groups in total. The fourth-order valence-electron chi connectivity index (χ4n) is 3.22. The van der Waals surface area contributed by atoms with Crippen LogP contribution in [0.25, 0.3) is 10.9 Å². The summed E-state index contributed by atoms with van der Waals surface area (Å²) < 4.78 is 0. The third-order valence-corrected chi connectivity index (χ3v) is 4.19. The predicted octanol–water partition coefficient (Wildman–Crippen LogP) is 3.12. The lowest BCUT2D eigenvalue weighted by atomic mass is 10.0. The fourth-order valence-corrected chi connectivity index (χ4v) is 3.22. The lowest BCUT2D eigenvalue weighted by molar-refractivity contribution is 0.725. The number of H-pyrrole nitrogens is 1. The minimum Gasteiger partial charge on any atom is -0.358 e. The van der Waals surface area contributed by atoms with Crippen molar-refractivity contribution in [2.75, 3.05) is 13.6 Å². The summed E-state index contributed by atoms with van der Waals surface area (Å²) >= 11 is 0. The van der Waals surface area contributed by atoms with Crippen LogP contribution >= 0.6 is 0 Å². The molecule has 1 aromatic heterocycles. The first-order valence-corrected chi connectivity index (χ1v) is 7.07. The minimum atomic E-state index is 1.09. The second kappa shape index (κ2) is 4.77. The fraction of sp³-hybridized carbons (Fsp3) is 0.500. The van der Waals surface area contributed by atoms with Gasteiger partial charge >= 0.3 is 0 Å². The topological polar surface area (TPSA) is 27.8 Å². The number of nitrogens with one attached hydrogen (secondary N) is 2. The molecule has 96 valence electrons. The van der Waals surface area contributed by atoms with E-state index < -0.39 is 0 Å². The molecule has 1 aliphatic carbocycles. The Balaban J connectivity index is 1.99. The van der Waals surface area contributed by atoms with Crippen LogP contribution in [-0.2, 0) is 19.3 Å². The Hall–Kier alpha value is -1.28. The van der Waals surface area contributed by atoms with E-state index in [0.29, 0.717) is 0 Å². The quantitative estimate of drug-likeness (QED) is 0.792. The van der Waals surface area contributed by atoms with Crippen molar-refractivity contribution in [1.82, 2.24) is 10.3 Å². The van der Waals surface area contributed by atoms with Gasteiger partial charge in [-0.25, -0.2) is 0 Å². The van der Waals surface area contributed by atoms with Gasteiger partial charge in [0.25, 0.3) is 0 Å². The number of aryl methyl sites for hydroxylation is 4. The maximum absolute atomic E-state index is 3.56. The minimum absolute atomic E-state index is 1.09. The number of hydrogen-bond donors (Lipinski definition) is 2. The highest BCUT2D eigenvalue weighted by molar-refractivity contribution is 5.86. The molecule has 3 rings (SSSR count). The molecule has 1 aromatic carbocycles. The standard InChI is InChI=1S/C16H22N2/c1-11-14(7-4-8-17-2)15-9-12-5-3-6-13(12)10-16(15)18-11/h9-10,17-18H,3-8H2,1-2H3. The smallest absolute Gasteiger partial charge is 0.0461 e. The lowest BCUT2D eigenvalue weighted by Crippen LogP contribution is -2.08. The summed E-state index contributed by atoms with van der Waals surface area (Å²) in [4.78, 5) is 3.56. The van der Waals surface area contributed by atoms with Crippen LogP contribution in [0.15, 0.2) is 12.1 Å². The van der Waals surface area contributed by atoms with E-state index in [1.54, 1.807) is 11.1 Å². The van der Waals surface area contributed by atoms with Gasteiger partial charge in [0.2, 0.25) is 0 Å². The van der Waals surface area contributed by atoms with Gasteiger partial charge < -0.3 is 10.3 Å². The zero-order valence-electron chi connectivity index (χ0n) is 11.4. The van der Waals surface area contributed by atoms with Gasteiger partial charge in [0.1, 0.15) is 0 Å². The van der Waals surface area contributed by atoms with Crippen LogP contribution in [0, 0.1) is 6.92 Å². The van der Waals surface area contributed by atoms with Crippen LogP contribution in [0.2, 0.25) is 0 Å². The molecule has 0 saturated heterocycles. The van der Waals surface area contributed by atoms with Crippen molar-refractivity contribution in [3.8, 4) is 0 Å². The molecule has 1 heterocycles. The second-order valence-corrected chi connectivity index (χ2v) is 5.46. The molecule has 2 nitrogen and oxygen atoms in total. The van der Waals surface area contributed by atoms with Gasteiger partial charge in [-0.05, 0) is 81.4 Å². The molecule has 2 heteroatoms. The summed E-state index contributed by atoms with van der Waals surface area (Å²) in [6.07, 6.45) is 6.24. The van der Waals surface area contributed by atoms with E-state index in [-0.39, 0.29) is 0 Å².